The topological polar surface area (TPSA) is 52.4 Å². The zero-order chi connectivity index (χ0) is 21.1. The van der Waals surface area contributed by atoms with E-state index in [1.165, 1.54) is 5.69 Å². The summed E-state index contributed by atoms with van der Waals surface area (Å²) in [6, 6.07) is 11.4. The van der Waals surface area contributed by atoms with Gasteiger partial charge in [-0.2, -0.15) is 0 Å². The van der Waals surface area contributed by atoms with E-state index in [2.05, 4.69) is 53.8 Å². The van der Waals surface area contributed by atoms with Gasteiger partial charge in [0.15, 0.2) is 5.65 Å². The molecule has 0 aliphatic carbocycles. The summed E-state index contributed by atoms with van der Waals surface area (Å²) < 4.78 is 13.5. The van der Waals surface area contributed by atoms with Crippen LogP contribution in [0.25, 0.3) is 22.6 Å². The molecule has 0 bridgehead atoms. The van der Waals surface area contributed by atoms with Crippen molar-refractivity contribution in [1.29, 1.82) is 0 Å². The van der Waals surface area contributed by atoms with Crippen molar-refractivity contribution in [3.05, 3.63) is 41.6 Å². The molecule has 1 aliphatic rings. The Morgan fingerprint density at radius 2 is 1.83 bits per heavy atom. The van der Waals surface area contributed by atoms with Gasteiger partial charge in [0, 0.05) is 45.2 Å². The third-order valence-corrected chi connectivity index (χ3v) is 7.31. The number of ether oxygens (including phenoxy) is 2. The summed E-state index contributed by atoms with van der Waals surface area (Å²) >= 11 is 6.41. The van der Waals surface area contributed by atoms with Gasteiger partial charge in [-0.05, 0) is 36.4 Å². The molecule has 3 aromatic rings. The molecule has 160 valence electrons. The molecule has 1 aliphatic heterocycles. The first-order valence-electron chi connectivity index (χ1n) is 10.4. The van der Waals surface area contributed by atoms with Crippen LogP contribution in [0.2, 0.25) is 30.7 Å². The molecule has 0 unspecified atom stereocenters. The van der Waals surface area contributed by atoms with Gasteiger partial charge in [0.2, 0.25) is 0 Å². The predicted octanol–water partition coefficient (Wildman–Crippen LogP) is 4.90. The van der Waals surface area contributed by atoms with Crippen molar-refractivity contribution in [3.8, 4) is 11.4 Å². The predicted molar refractivity (Wildman–Crippen MR) is 125 cm³/mol. The molecule has 30 heavy (non-hydrogen) atoms. The number of morpholine rings is 1. The zero-order valence-electron chi connectivity index (χ0n) is 17.9. The number of benzene rings is 1. The van der Waals surface area contributed by atoms with Gasteiger partial charge < -0.3 is 14.4 Å². The largest absolute Gasteiger partial charge is 0.378 e. The molecule has 1 saturated heterocycles. The van der Waals surface area contributed by atoms with Crippen molar-refractivity contribution >= 4 is 36.5 Å². The fourth-order valence-electron chi connectivity index (χ4n) is 3.51. The Balaban J connectivity index is 1.61. The van der Waals surface area contributed by atoms with Crippen molar-refractivity contribution in [2.24, 2.45) is 0 Å². The van der Waals surface area contributed by atoms with Crippen LogP contribution < -0.4 is 4.90 Å². The highest BCUT2D eigenvalue weighted by Crippen LogP contribution is 2.29. The number of halogens is 1. The Labute approximate surface area is 183 Å². The Hall–Kier alpha value is -1.93. The lowest BCUT2D eigenvalue weighted by Gasteiger charge is -2.28. The van der Waals surface area contributed by atoms with Crippen LogP contribution in [0.5, 0.6) is 0 Å². The molecule has 2 aromatic heterocycles. The van der Waals surface area contributed by atoms with E-state index in [0.717, 1.165) is 56.0 Å². The summed E-state index contributed by atoms with van der Waals surface area (Å²) in [5, 5.41) is 0.604. The normalized spacial score (nSPS) is 15.1. The van der Waals surface area contributed by atoms with E-state index in [0.29, 0.717) is 17.3 Å². The lowest BCUT2D eigenvalue weighted by molar-refractivity contribution is 0.0906. The number of pyridine rings is 1. The molecule has 1 fully saturated rings. The Morgan fingerprint density at radius 3 is 2.53 bits per heavy atom. The second-order valence-corrected chi connectivity index (χ2v) is 14.9. The number of aromatic nitrogens is 3. The monoisotopic (exact) mass is 444 g/mol. The molecule has 0 atom stereocenters. The van der Waals surface area contributed by atoms with E-state index in [4.69, 9.17) is 26.1 Å². The number of fused-ring (bicyclic) bond motifs is 1. The van der Waals surface area contributed by atoms with E-state index in [1.807, 2.05) is 4.57 Å². The van der Waals surface area contributed by atoms with Crippen molar-refractivity contribution in [2.75, 3.05) is 37.8 Å². The second-order valence-electron chi connectivity index (χ2n) is 8.82. The zero-order valence-corrected chi connectivity index (χ0v) is 19.7. The van der Waals surface area contributed by atoms with Crippen LogP contribution >= 0.6 is 11.6 Å². The van der Waals surface area contributed by atoms with Crippen LogP contribution in [0, 0.1) is 0 Å². The number of imidazole rings is 1. The third kappa shape index (κ3) is 4.86. The van der Waals surface area contributed by atoms with E-state index in [-0.39, 0.29) is 0 Å². The summed E-state index contributed by atoms with van der Waals surface area (Å²) in [5.74, 6) is 0.826. The summed E-state index contributed by atoms with van der Waals surface area (Å²) in [6.07, 6.45) is 1.72. The molecule has 0 spiro atoms. The summed E-state index contributed by atoms with van der Waals surface area (Å²) in [7, 11) is -1.14. The van der Waals surface area contributed by atoms with Gasteiger partial charge in [0.05, 0.1) is 18.2 Å². The molecule has 0 saturated carbocycles. The second kappa shape index (κ2) is 9.06. The fraction of sp³-hybridized carbons (Fsp3) is 0.455. The average molecular weight is 445 g/mol. The first kappa shape index (κ1) is 21.3. The third-order valence-electron chi connectivity index (χ3n) is 5.30. The van der Waals surface area contributed by atoms with Crippen molar-refractivity contribution in [1.82, 2.24) is 14.5 Å². The van der Waals surface area contributed by atoms with Crippen molar-refractivity contribution < 1.29 is 9.47 Å². The number of anilines is 1. The SMILES string of the molecule is C[Si](C)(C)CCOCn1c(-c2ccc(N3CCOCC3)cc2)nc2c(Cl)ccnc21. The summed E-state index contributed by atoms with van der Waals surface area (Å²) in [4.78, 5) is 11.7. The van der Waals surface area contributed by atoms with Gasteiger partial charge in [-0.3, -0.25) is 4.57 Å². The highest BCUT2D eigenvalue weighted by Gasteiger charge is 2.18. The molecule has 8 heteroatoms. The maximum atomic E-state index is 6.41. The van der Waals surface area contributed by atoms with E-state index >= 15 is 0 Å². The van der Waals surface area contributed by atoms with Crippen molar-refractivity contribution in [3.63, 3.8) is 0 Å². The average Bonchev–Trinajstić information content (AvgIpc) is 3.11. The number of hydrogen-bond acceptors (Lipinski definition) is 5. The maximum absolute atomic E-state index is 6.41. The lowest BCUT2D eigenvalue weighted by atomic mass is 10.1. The molecule has 0 radical (unpaired) electrons. The Morgan fingerprint density at radius 1 is 1.10 bits per heavy atom. The molecule has 6 nitrogen and oxygen atoms in total. The van der Waals surface area contributed by atoms with E-state index in [1.54, 1.807) is 12.3 Å². The fourth-order valence-corrected chi connectivity index (χ4v) is 4.45. The van der Waals surface area contributed by atoms with Gasteiger partial charge in [0.25, 0.3) is 0 Å². The molecule has 3 heterocycles. The number of rotatable bonds is 7. The number of hydrogen-bond donors (Lipinski definition) is 0. The van der Waals surface area contributed by atoms with Gasteiger partial charge in [-0.1, -0.05) is 31.2 Å². The Kier molecular flexibility index (Phi) is 6.43. The highest BCUT2D eigenvalue weighted by molar-refractivity contribution is 6.76. The van der Waals surface area contributed by atoms with Crippen LogP contribution in [0.15, 0.2) is 36.5 Å². The first-order valence-corrected chi connectivity index (χ1v) is 14.5. The molecular weight excluding hydrogens is 416 g/mol. The van der Waals surface area contributed by atoms with E-state index < -0.39 is 8.07 Å². The van der Waals surface area contributed by atoms with Gasteiger partial charge in [0.1, 0.15) is 18.1 Å². The quantitative estimate of drug-likeness (QED) is 0.383. The summed E-state index contributed by atoms with van der Waals surface area (Å²) in [6.45, 7) is 11.6. The molecule has 4 rings (SSSR count). The summed E-state index contributed by atoms with van der Waals surface area (Å²) in [5.41, 5.74) is 3.69. The molecule has 1 aromatic carbocycles. The lowest BCUT2D eigenvalue weighted by Crippen LogP contribution is -2.36. The molecule has 0 N–H and O–H groups in total. The first-order chi connectivity index (χ1) is 14.4. The Bertz CT molecular complexity index is 995. The van der Waals surface area contributed by atoms with Crippen LogP contribution in [-0.2, 0) is 16.2 Å². The molecule has 0 amide bonds. The molecular formula is C22H29ClN4O2Si. The minimum atomic E-state index is -1.14. The van der Waals surface area contributed by atoms with Gasteiger partial charge >= 0.3 is 0 Å². The van der Waals surface area contributed by atoms with Crippen LogP contribution in [0.3, 0.4) is 0 Å². The minimum absolute atomic E-state index is 0.412. The van der Waals surface area contributed by atoms with Gasteiger partial charge in [-0.15, -0.1) is 0 Å². The highest BCUT2D eigenvalue weighted by atomic mass is 35.5. The number of nitrogens with zero attached hydrogens (tertiary/aromatic N) is 4. The van der Waals surface area contributed by atoms with Gasteiger partial charge in [-0.25, -0.2) is 9.97 Å². The van der Waals surface area contributed by atoms with Crippen LogP contribution in [-0.4, -0.2) is 55.5 Å². The standard InChI is InChI=1S/C22H29ClN4O2Si/c1-30(2,3)15-14-29-16-27-21(25-20-19(23)8-9-24-22(20)27)17-4-6-18(7-5-17)26-10-12-28-13-11-26/h4-9H,10-16H2,1-3H3. The van der Waals surface area contributed by atoms with E-state index in [9.17, 15) is 0 Å². The smallest absolute Gasteiger partial charge is 0.163 e. The van der Waals surface area contributed by atoms with Crippen LogP contribution in [0.4, 0.5) is 5.69 Å². The minimum Gasteiger partial charge on any atom is -0.378 e. The maximum Gasteiger partial charge on any atom is 0.163 e. The van der Waals surface area contributed by atoms with Crippen LogP contribution in [0.1, 0.15) is 0 Å². The van der Waals surface area contributed by atoms with Crippen molar-refractivity contribution in [2.45, 2.75) is 32.4 Å².